The van der Waals surface area contributed by atoms with E-state index in [2.05, 4.69) is 4.98 Å². The third-order valence-corrected chi connectivity index (χ3v) is 3.26. The molecule has 0 aliphatic rings. The van der Waals surface area contributed by atoms with Crippen molar-refractivity contribution in [3.8, 4) is 0 Å². The van der Waals surface area contributed by atoms with Crippen LogP contribution in [-0.4, -0.2) is 20.7 Å². The monoisotopic (exact) mass is 285 g/mol. The zero-order chi connectivity index (χ0) is 14.8. The first kappa shape index (κ1) is 13.3. The second-order valence-corrected chi connectivity index (χ2v) is 4.64. The molecule has 2 heterocycles. The predicted molar refractivity (Wildman–Crippen MR) is 74.5 cm³/mol. The number of nitrogens with one attached hydrogen (secondary N) is 1. The maximum atomic E-state index is 12.9. The summed E-state index contributed by atoms with van der Waals surface area (Å²) in [5, 5.41) is 9.45. The first-order chi connectivity index (χ1) is 10.2. The minimum atomic E-state index is -0.650. The summed E-state index contributed by atoms with van der Waals surface area (Å²) in [5.74, 6) is -0.916. The smallest absolute Gasteiger partial charge is 0.293 e. The minimum absolute atomic E-state index is 0.143. The molecule has 0 aliphatic carbocycles. The van der Waals surface area contributed by atoms with Crippen LogP contribution in [-0.2, 0) is 6.54 Å². The second-order valence-electron chi connectivity index (χ2n) is 4.64. The van der Waals surface area contributed by atoms with Gasteiger partial charge in [-0.1, -0.05) is 12.1 Å². The van der Waals surface area contributed by atoms with Crippen molar-refractivity contribution in [2.24, 2.45) is 0 Å². The molecule has 0 saturated heterocycles. The summed E-state index contributed by atoms with van der Waals surface area (Å²) in [6.45, 7) is 0.580. The number of hydrogen-bond acceptors (Lipinski definition) is 3. The Morgan fingerprint density at radius 3 is 2.76 bits per heavy atom. The molecule has 1 aromatic carbocycles. The number of benzene rings is 1. The van der Waals surface area contributed by atoms with Gasteiger partial charge in [0.1, 0.15) is 11.5 Å². The van der Waals surface area contributed by atoms with E-state index in [0.717, 1.165) is 16.5 Å². The third kappa shape index (κ3) is 2.61. The first-order valence-electron chi connectivity index (χ1n) is 6.31. The van der Waals surface area contributed by atoms with Crippen LogP contribution in [0.2, 0.25) is 0 Å². The summed E-state index contributed by atoms with van der Waals surface area (Å²) in [5.41, 5.74) is 3.52. The van der Waals surface area contributed by atoms with Gasteiger partial charge in [-0.3, -0.25) is 10.0 Å². The van der Waals surface area contributed by atoms with E-state index in [-0.39, 0.29) is 11.5 Å². The van der Waals surface area contributed by atoms with E-state index in [0.29, 0.717) is 6.54 Å². The first-order valence-corrected chi connectivity index (χ1v) is 6.31. The maximum Gasteiger partial charge on any atom is 0.293 e. The Hall–Kier alpha value is -2.73. The van der Waals surface area contributed by atoms with E-state index in [1.165, 1.54) is 12.1 Å². The zero-order valence-corrected chi connectivity index (χ0v) is 11.0. The molecule has 0 unspecified atom stereocenters. The zero-order valence-electron chi connectivity index (χ0n) is 11.0. The highest BCUT2D eigenvalue weighted by molar-refractivity contribution is 5.95. The fraction of sp³-hybridized carbons (Fsp3) is 0.0667. The summed E-state index contributed by atoms with van der Waals surface area (Å²) in [7, 11) is 0. The molecule has 2 aromatic heterocycles. The topological polar surface area (TPSA) is 67.2 Å². The average Bonchev–Trinajstić information content (AvgIpc) is 2.91. The number of amides is 1. The lowest BCUT2D eigenvalue weighted by Gasteiger charge is -2.06. The van der Waals surface area contributed by atoms with Gasteiger partial charge in [-0.25, -0.2) is 14.9 Å². The van der Waals surface area contributed by atoms with Gasteiger partial charge in [0.2, 0.25) is 0 Å². The van der Waals surface area contributed by atoms with Gasteiger partial charge in [0.05, 0.1) is 11.7 Å². The van der Waals surface area contributed by atoms with Crippen LogP contribution in [0, 0.1) is 5.82 Å². The molecule has 0 fully saturated rings. The van der Waals surface area contributed by atoms with Crippen LogP contribution >= 0.6 is 0 Å². The molecule has 21 heavy (non-hydrogen) atoms. The van der Waals surface area contributed by atoms with Gasteiger partial charge in [0, 0.05) is 18.1 Å². The molecule has 0 radical (unpaired) electrons. The van der Waals surface area contributed by atoms with E-state index in [1.807, 2.05) is 16.8 Å². The Labute approximate surface area is 119 Å². The number of hydroxylamine groups is 1. The number of pyridine rings is 1. The summed E-state index contributed by atoms with van der Waals surface area (Å²) in [4.78, 5) is 15.3. The molecule has 0 saturated carbocycles. The van der Waals surface area contributed by atoms with E-state index < -0.39 is 5.91 Å². The van der Waals surface area contributed by atoms with Crippen LogP contribution in [0.3, 0.4) is 0 Å². The lowest BCUT2D eigenvalue weighted by Crippen LogP contribution is -2.19. The summed E-state index contributed by atoms with van der Waals surface area (Å²) in [6, 6.07) is 9.74. The summed E-state index contributed by atoms with van der Waals surface area (Å²) < 4.78 is 14.9. The van der Waals surface area contributed by atoms with Crippen LogP contribution in [0.1, 0.15) is 16.1 Å². The van der Waals surface area contributed by atoms with Crippen molar-refractivity contribution in [3.05, 3.63) is 65.9 Å². The van der Waals surface area contributed by atoms with Gasteiger partial charge in [-0.05, 0) is 29.8 Å². The second kappa shape index (κ2) is 5.34. The Balaban J connectivity index is 1.93. The average molecular weight is 285 g/mol. The quantitative estimate of drug-likeness (QED) is 0.573. The van der Waals surface area contributed by atoms with Gasteiger partial charge in [-0.2, -0.15) is 0 Å². The highest BCUT2D eigenvalue weighted by Crippen LogP contribution is 2.17. The Bertz CT molecular complexity index is 796. The number of fused-ring (bicyclic) bond motifs is 1. The van der Waals surface area contributed by atoms with Crippen LogP contribution < -0.4 is 5.48 Å². The molecule has 2 N–H and O–H groups in total. The van der Waals surface area contributed by atoms with E-state index >= 15 is 0 Å². The van der Waals surface area contributed by atoms with Crippen molar-refractivity contribution in [2.75, 3.05) is 0 Å². The van der Waals surface area contributed by atoms with Crippen molar-refractivity contribution in [3.63, 3.8) is 0 Å². The third-order valence-electron chi connectivity index (χ3n) is 3.26. The Morgan fingerprint density at radius 2 is 2.05 bits per heavy atom. The van der Waals surface area contributed by atoms with Crippen LogP contribution in [0.5, 0.6) is 0 Å². The van der Waals surface area contributed by atoms with E-state index in [1.54, 1.807) is 29.9 Å². The van der Waals surface area contributed by atoms with Gasteiger partial charge in [0.15, 0.2) is 0 Å². The van der Waals surface area contributed by atoms with Gasteiger partial charge < -0.3 is 4.57 Å². The SMILES string of the molecule is O=C(NO)c1cc2ccn(Cc3ccc(F)cc3)c2cn1. The van der Waals surface area contributed by atoms with Gasteiger partial charge in [0.25, 0.3) is 5.91 Å². The molecular formula is C15H12FN3O2. The molecular weight excluding hydrogens is 273 g/mol. The Morgan fingerprint density at radius 1 is 1.29 bits per heavy atom. The molecule has 3 rings (SSSR count). The number of carbonyl (C=O) groups is 1. The Kier molecular flexibility index (Phi) is 3.37. The minimum Gasteiger partial charge on any atom is -0.342 e. The van der Waals surface area contributed by atoms with Gasteiger partial charge in [-0.15, -0.1) is 0 Å². The highest BCUT2D eigenvalue weighted by Gasteiger charge is 2.09. The number of nitrogens with zero attached hydrogens (tertiary/aromatic N) is 2. The molecule has 0 spiro atoms. The lowest BCUT2D eigenvalue weighted by atomic mass is 10.2. The van der Waals surface area contributed by atoms with E-state index in [4.69, 9.17) is 5.21 Å². The molecule has 0 bridgehead atoms. The molecule has 5 nitrogen and oxygen atoms in total. The number of aromatic nitrogens is 2. The van der Waals surface area contributed by atoms with Crippen LogP contribution in [0.25, 0.3) is 10.9 Å². The fourth-order valence-electron chi connectivity index (χ4n) is 2.19. The largest absolute Gasteiger partial charge is 0.342 e. The lowest BCUT2D eigenvalue weighted by molar-refractivity contribution is 0.0701. The van der Waals surface area contributed by atoms with Crippen LogP contribution in [0.15, 0.2) is 48.8 Å². The van der Waals surface area contributed by atoms with Gasteiger partial charge >= 0.3 is 0 Å². The van der Waals surface area contributed by atoms with Crippen molar-refractivity contribution >= 4 is 16.8 Å². The molecule has 106 valence electrons. The highest BCUT2D eigenvalue weighted by atomic mass is 19.1. The predicted octanol–water partition coefficient (Wildman–Crippen LogP) is 2.34. The standard InChI is InChI=1S/C15H12FN3O2/c16-12-3-1-10(2-4-12)9-19-6-5-11-7-13(15(20)18-21)17-8-14(11)19/h1-8,21H,9H2,(H,18,20). The van der Waals surface area contributed by atoms with Crippen molar-refractivity contribution in [1.29, 1.82) is 0 Å². The van der Waals surface area contributed by atoms with Crippen molar-refractivity contribution in [2.45, 2.75) is 6.54 Å². The molecule has 0 atom stereocenters. The molecule has 0 aliphatic heterocycles. The molecule has 6 heteroatoms. The number of carbonyl (C=O) groups excluding carboxylic acids is 1. The number of halogens is 1. The molecule has 1 amide bonds. The van der Waals surface area contributed by atoms with E-state index in [9.17, 15) is 9.18 Å². The number of hydrogen-bond donors (Lipinski definition) is 2. The maximum absolute atomic E-state index is 12.9. The summed E-state index contributed by atoms with van der Waals surface area (Å²) >= 11 is 0. The molecule has 3 aromatic rings. The fourth-order valence-corrected chi connectivity index (χ4v) is 2.19. The van der Waals surface area contributed by atoms with Crippen molar-refractivity contribution < 1.29 is 14.4 Å². The van der Waals surface area contributed by atoms with Crippen LogP contribution in [0.4, 0.5) is 4.39 Å². The van der Waals surface area contributed by atoms with Crippen molar-refractivity contribution in [1.82, 2.24) is 15.0 Å². The summed E-state index contributed by atoms with van der Waals surface area (Å²) in [6.07, 6.45) is 3.44. The number of rotatable bonds is 3. The normalized spacial score (nSPS) is 10.8.